The number of amides is 1. The van der Waals surface area contributed by atoms with E-state index in [1.165, 1.54) is 16.8 Å². The van der Waals surface area contributed by atoms with Gasteiger partial charge in [0.25, 0.3) is 11.5 Å². The van der Waals surface area contributed by atoms with Gasteiger partial charge in [-0.3, -0.25) is 9.59 Å². The smallest absolute Gasteiger partial charge is 0.278 e. The molecule has 4 rings (SSSR count). The molecule has 1 amide bonds. The number of hydrogen-bond donors (Lipinski definition) is 0. The summed E-state index contributed by atoms with van der Waals surface area (Å²) < 4.78 is 6.93. The molecule has 0 spiro atoms. The fourth-order valence-corrected chi connectivity index (χ4v) is 4.16. The second kappa shape index (κ2) is 8.96. The lowest BCUT2D eigenvalue weighted by molar-refractivity contribution is 0.0979. The van der Waals surface area contributed by atoms with Gasteiger partial charge in [0.1, 0.15) is 18.1 Å². The first-order valence-electron chi connectivity index (χ1n) is 9.52. The first-order chi connectivity index (χ1) is 14.2. The number of fused-ring (bicyclic) bond motifs is 1. The van der Waals surface area contributed by atoms with Gasteiger partial charge in [-0.1, -0.05) is 30.3 Å². The van der Waals surface area contributed by atoms with Gasteiger partial charge in [-0.05, 0) is 42.5 Å². The van der Waals surface area contributed by atoms with Gasteiger partial charge in [0.05, 0.1) is 12.2 Å². The molecule has 148 valence electrons. The SMILES string of the molecule is O=C(c1ccc(=O)n(CCOc2ccccc2)n1)N1CCCSc2ccccc21. The van der Waals surface area contributed by atoms with E-state index in [1.54, 1.807) is 16.7 Å². The van der Waals surface area contributed by atoms with Crippen LogP contribution in [0.4, 0.5) is 5.69 Å². The van der Waals surface area contributed by atoms with Gasteiger partial charge in [-0.15, -0.1) is 11.8 Å². The van der Waals surface area contributed by atoms with E-state index in [1.807, 2.05) is 54.6 Å². The van der Waals surface area contributed by atoms with Crippen LogP contribution >= 0.6 is 11.8 Å². The Morgan fingerprint density at radius 1 is 1.03 bits per heavy atom. The van der Waals surface area contributed by atoms with Crippen LogP contribution in [0.1, 0.15) is 16.9 Å². The second-order valence-electron chi connectivity index (χ2n) is 6.57. The van der Waals surface area contributed by atoms with Gasteiger partial charge < -0.3 is 9.64 Å². The molecule has 1 aliphatic heterocycles. The fourth-order valence-electron chi connectivity index (χ4n) is 3.17. The minimum Gasteiger partial charge on any atom is -0.492 e. The monoisotopic (exact) mass is 407 g/mol. The largest absolute Gasteiger partial charge is 0.492 e. The molecule has 0 bridgehead atoms. The third-order valence-corrected chi connectivity index (χ3v) is 5.73. The van der Waals surface area contributed by atoms with Crippen molar-refractivity contribution >= 4 is 23.4 Å². The highest BCUT2D eigenvalue weighted by molar-refractivity contribution is 7.99. The summed E-state index contributed by atoms with van der Waals surface area (Å²) in [5.74, 6) is 1.49. The summed E-state index contributed by atoms with van der Waals surface area (Å²) >= 11 is 1.75. The standard InChI is InChI=1S/C22H21N3O3S/c26-21-12-11-18(23-25(21)14-15-28-17-7-2-1-3-8-17)22(27)24-13-6-16-29-20-10-5-4-9-19(20)24/h1-5,7-12H,6,13-16H2. The van der Waals surface area contributed by atoms with Gasteiger partial charge >= 0.3 is 0 Å². The summed E-state index contributed by atoms with van der Waals surface area (Å²) in [5, 5.41) is 4.31. The van der Waals surface area contributed by atoms with Crippen LogP contribution in [0.2, 0.25) is 0 Å². The van der Waals surface area contributed by atoms with E-state index >= 15 is 0 Å². The molecule has 6 nitrogen and oxygen atoms in total. The molecule has 1 aromatic heterocycles. The average molecular weight is 407 g/mol. The number of hydrogen-bond acceptors (Lipinski definition) is 5. The van der Waals surface area contributed by atoms with Gasteiger partial charge in [0.15, 0.2) is 0 Å². The topological polar surface area (TPSA) is 64.4 Å². The number of carbonyl (C=O) groups is 1. The third-order valence-electron chi connectivity index (χ3n) is 4.59. The van der Waals surface area contributed by atoms with Gasteiger partial charge in [0, 0.05) is 17.5 Å². The lowest BCUT2D eigenvalue weighted by Crippen LogP contribution is -2.35. The summed E-state index contributed by atoms with van der Waals surface area (Å²) in [6.45, 7) is 1.18. The van der Waals surface area contributed by atoms with Crippen LogP contribution in [0, 0.1) is 0 Å². The number of rotatable bonds is 5. The van der Waals surface area contributed by atoms with Crippen LogP contribution in [0.5, 0.6) is 5.75 Å². The van der Waals surface area contributed by atoms with Crippen molar-refractivity contribution in [2.75, 3.05) is 23.8 Å². The number of carbonyl (C=O) groups excluding carboxylic acids is 1. The number of ether oxygens (including phenoxy) is 1. The molecule has 1 aliphatic rings. The van der Waals surface area contributed by atoms with E-state index in [2.05, 4.69) is 5.10 Å². The highest BCUT2D eigenvalue weighted by atomic mass is 32.2. The molecular weight excluding hydrogens is 386 g/mol. The van der Waals surface area contributed by atoms with Crippen molar-refractivity contribution in [1.29, 1.82) is 0 Å². The van der Waals surface area contributed by atoms with Crippen molar-refractivity contribution in [2.24, 2.45) is 0 Å². The quantitative estimate of drug-likeness (QED) is 0.648. The molecule has 0 radical (unpaired) electrons. The maximum atomic E-state index is 13.2. The lowest BCUT2D eigenvalue weighted by atomic mass is 10.2. The summed E-state index contributed by atoms with van der Waals surface area (Å²) in [6, 6.07) is 20.2. The van der Waals surface area contributed by atoms with Crippen LogP contribution in [-0.4, -0.2) is 34.6 Å². The molecule has 0 unspecified atom stereocenters. The fraction of sp³-hybridized carbons (Fsp3) is 0.227. The number of benzene rings is 2. The Labute approximate surface area is 173 Å². The van der Waals surface area contributed by atoms with Crippen LogP contribution in [0.25, 0.3) is 0 Å². The first kappa shape index (κ1) is 19.3. The average Bonchev–Trinajstić information content (AvgIpc) is 2.98. The van der Waals surface area contributed by atoms with Crippen molar-refractivity contribution in [3.05, 3.63) is 82.8 Å². The zero-order valence-electron chi connectivity index (χ0n) is 15.9. The Morgan fingerprint density at radius 3 is 2.69 bits per heavy atom. The Morgan fingerprint density at radius 2 is 1.83 bits per heavy atom. The number of para-hydroxylation sites is 2. The predicted molar refractivity (Wildman–Crippen MR) is 114 cm³/mol. The van der Waals surface area contributed by atoms with Crippen molar-refractivity contribution < 1.29 is 9.53 Å². The van der Waals surface area contributed by atoms with Crippen molar-refractivity contribution in [3.8, 4) is 5.75 Å². The van der Waals surface area contributed by atoms with E-state index in [-0.39, 0.29) is 30.3 Å². The van der Waals surface area contributed by atoms with Crippen LogP contribution in [0.15, 0.2) is 76.4 Å². The Hall–Kier alpha value is -3.06. The van der Waals surface area contributed by atoms with E-state index in [4.69, 9.17) is 4.74 Å². The minimum atomic E-state index is -0.259. The molecule has 7 heteroatoms. The molecule has 2 heterocycles. The molecule has 0 saturated heterocycles. The molecule has 3 aromatic rings. The highest BCUT2D eigenvalue weighted by Crippen LogP contribution is 2.34. The number of anilines is 1. The molecule has 2 aromatic carbocycles. The van der Waals surface area contributed by atoms with E-state index in [0.717, 1.165) is 28.5 Å². The first-order valence-corrected chi connectivity index (χ1v) is 10.5. The summed E-state index contributed by atoms with van der Waals surface area (Å²) in [6.07, 6.45) is 0.898. The highest BCUT2D eigenvalue weighted by Gasteiger charge is 2.24. The summed E-state index contributed by atoms with van der Waals surface area (Å²) in [7, 11) is 0. The van der Waals surface area contributed by atoms with Crippen molar-refractivity contribution in [3.63, 3.8) is 0 Å². The van der Waals surface area contributed by atoms with E-state index in [9.17, 15) is 9.59 Å². The molecule has 29 heavy (non-hydrogen) atoms. The zero-order valence-corrected chi connectivity index (χ0v) is 16.7. The maximum Gasteiger partial charge on any atom is 0.278 e. The molecular formula is C22H21N3O3S. The van der Waals surface area contributed by atoms with Gasteiger partial charge in [-0.2, -0.15) is 5.10 Å². The van der Waals surface area contributed by atoms with Crippen molar-refractivity contribution in [2.45, 2.75) is 17.9 Å². The van der Waals surface area contributed by atoms with Crippen LogP contribution in [-0.2, 0) is 6.54 Å². The number of nitrogens with zero attached hydrogens (tertiary/aromatic N) is 3. The maximum absolute atomic E-state index is 13.2. The predicted octanol–water partition coefficient (Wildman–Crippen LogP) is 3.46. The lowest BCUT2D eigenvalue weighted by Gasteiger charge is -2.22. The molecule has 0 N–H and O–H groups in total. The minimum absolute atomic E-state index is 0.197. The second-order valence-corrected chi connectivity index (χ2v) is 7.70. The zero-order chi connectivity index (χ0) is 20.1. The van der Waals surface area contributed by atoms with Crippen molar-refractivity contribution in [1.82, 2.24) is 9.78 Å². The Balaban J connectivity index is 1.52. The Kier molecular flexibility index (Phi) is 5.95. The number of thioether (sulfide) groups is 1. The van der Waals surface area contributed by atoms with Gasteiger partial charge in [0.2, 0.25) is 0 Å². The third kappa shape index (κ3) is 4.51. The van der Waals surface area contributed by atoms with Crippen LogP contribution in [0.3, 0.4) is 0 Å². The summed E-state index contributed by atoms with van der Waals surface area (Å²) in [4.78, 5) is 28.2. The molecule has 0 saturated carbocycles. The molecule has 0 fully saturated rings. The van der Waals surface area contributed by atoms with Crippen LogP contribution < -0.4 is 15.2 Å². The number of aromatic nitrogens is 2. The Bertz CT molecular complexity index is 1050. The van der Waals surface area contributed by atoms with E-state index in [0.29, 0.717) is 6.54 Å². The normalized spacial score (nSPS) is 13.4. The molecule has 0 atom stereocenters. The van der Waals surface area contributed by atoms with Gasteiger partial charge in [-0.25, -0.2) is 4.68 Å². The van der Waals surface area contributed by atoms with E-state index < -0.39 is 0 Å². The molecule has 0 aliphatic carbocycles. The summed E-state index contributed by atoms with van der Waals surface area (Å²) in [5.41, 5.74) is 0.892.